The number of aryl methyl sites for hydroxylation is 1. The molecule has 0 radical (unpaired) electrons. The number of thiazole rings is 1. The molecule has 1 unspecified atom stereocenters. The summed E-state index contributed by atoms with van der Waals surface area (Å²) in [7, 11) is 0. The molecule has 24 heavy (non-hydrogen) atoms. The van der Waals surface area contributed by atoms with Crippen LogP contribution in [0, 0.1) is 0 Å². The van der Waals surface area contributed by atoms with E-state index in [-0.39, 0.29) is 5.91 Å². The lowest BCUT2D eigenvalue weighted by Crippen LogP contribution is -2.41. The zero-order valence-corrected chi connectivity index (χ0v) is 15.2. The van der Waals surface area contributed by atoms with Crippen LogP contribution in [0.5, 0.6) is 0 Å². The summed E-state index contributed by atoms with van der Waals surface area (Å²) >= 11 is 3.59. The fourth-order valence-electron chi connectivity index (χ4n) is 2.60. The van der Waals surface area contributed by atoms with E-state index in [9.17, 15) is 4.79 Å². The maximum atomic E-state index is 11.9. The van der Waals surface area contributed by atoms with Gasteiger partial charge in [0.1, 0.15) is 0 Å². The number of rotatable bonds is 7. The van der Waals surface area contributed by atoms with Gasteiger partial charge in [-0.3, -0.25) is 9.78 Å². The van der Waals surface area contributed by atoms with E-state index in [2.05, 4.69) is 26.0 Å². The monoisotopic (exact) mass is 362 g/mol. The van der Waals surface area contributed by atoms with Crippen LogP contribution in [0.15, 0.2) is 29.9 Å². The van der Waals surface area contributed by atoms with E-state index in [0.29, 0.717) is 19.0 Å². The Labute approximate surface area is 150 Å². The van der Waals surface area contributed by atoms with Crippen LogP contribution < -0.4 is 10.6 Å². The van der Waals surface area contributed by atoms with Gasteiger partial charge in [0, 0.05) is 66.8 Å². The quantitative estimate of drug-likeness (QED) is 0.740. The van der Waals surface area contributed by atoms with Gasteiger partial charge in [0.25, 0.3) is 0 Å². The summed E-state index contributed by atoms with van der Waals surface area (Å²) in [4.78, 5) is 20.6. The summed E-state index contributed by atoms with van der Waals surface area (Å²) in [5.41, 5.74) is 2.10. The van der Waals surface area contributed by atoms with Gasteiger partial charge in [-0.1, -0.05) is 0 Å². The van der Waals surface area contributed by atoms with Gasteiger partial charge in [-0.15, -0.1) is 11.3 Å². The minimum atomic E-state index is 0.145. The molecule has 0 saturated carbocycles. The van der Waals surface area contributed by atoms with E-state index in [1.54, 1.807) is 23.7 Å². The van der Waals surface area contributed by atoms with Crippen molar-refractivity contribution in [1.82, 2.24) is 20.6 Å². The minimum Gasteiger partial charge on any atom is -0.356 e. The largest absolute Gasteiger partial charge is 0.356 e. The zero-order valence-electron chi connectivity index (χ0n) is 13.5. The molecule has 1 fully saturated rings. The molecule has 1 aliphatic rings. The summed E-state index contributed by atoms with van der Waals surface area (Å²) in [5, 5.41) is 9.60. The topological polar surface area (TPSA) is 66.9 Å². The Kier molecular flexibility index (Phi) is 6.63. The van der Waals surface area contributed by atoms with Crippen LogP contribution in [0.2, 0.25) is 0 Å². The van der Waals surface area contributed by atoms with Gasteiger partial charge in [0.05, 0.1) is 10.7 Å². The third-order valence-electron chi connectivity index (χ3n) is 3.85. The van der Waals surface area contributed by atoms with Gasteiger partial charge in [-0.05, 0) is 18.6 Å². The first kappa shape index (κ1) is 17.4. The first-order chi connectivity index (χ1) is 11.8. The molecule has 3 heterocycles. The molecule has 0 spiro atoms. The normalized spacial score (nSPS) is 17.6. The minimum absolute atomic E-state index is 0.145. The van der Waals surface area contributed by atoms with Crippen LogP contribution in [0.25, 0.3) is 11.3 Å². The average molecular weight is 363 g/mol. The number of amides is 1. The van der Waals surface area contributed by atoms with E-state index < -0.39 is 0 Å². The number of hydrogen-bond donors (Lipinski definition) is 2. The van der Waals surface area contributed by atoms with Crippen LogP contribution in [-0.2, 0) is 11.2 Å². The molecule has 1 atom stereocenters. The molecular weight excluding hydrogens is 340 g/mol. The molecule has 2 N–H and O–H groups in total. The molecular formula is C17H22N4OS2. The highest BCUT2D eigenvalue weighted by atomic mass is 32.2. The van der Waals surface area contributed by atoms with Crippen LogP contribution in [0.4, 0.5) is 0 Å². The maximum Gasteiger partial charge on any atom is 0.221 e. The van der Waals surface area contributed by atoms with E-state index in [1.807, 2.05) is 23.9 Å². The number of aromatic nitrogens is 2. The Bertz CT molecular complexity index is 641. The summed E-state index contributed by atoms with van der Waals surface area (Å²) in [5.74, 6) is 2.32. The lowest BCUT2D eigenvalue weighted by atomic mass is 10.2. The molecule has 1 aliphatic heterocycles. The van der Waals surface area contributed by atoms with E-state index in [1.165, 1.54) is 0 Å². The Morgan fingerprint density at radius 3 is 3.04 bits per heavy atom. The van der Waals surface area contributed by atoms with Gasteiger partial charge in [-0.25, -0.2) is 4.98 Å². The summed E-state index contributed by atoms with van der Waals surface area (Å²) in [6.45, 7) is 1.72. The van der Waals surface area contributed by atoms with Crippen molar-refractivity contribution >= 4 is 29.0 Å². The molecule has 3 rings (SSSR count). The fourth-order valence-corrected chi connectivity index (χ4v) is 4.39. The number of nitrogens with zero attached hydrogens (tertiary/aromatic N) is 2. The highest BCUT2D eigenvalue weighted by Gasteiger charge is 2.16. The van der Waals surface area contributed by atoms with Crippen LogP contribution >= 0.6 is 23.1 Å². The van der Waals surface area contributed by atoms with Crippen LogP contribution in [0.3, 0.4) is 0 Å². The number of nitrogens with one attached hydrogen (secondary N) is 2. The standard InChI is InChI=1S/C17H22N4OS2/c22-16(10-14-11-23-9-8-19-14)20-5-1-2-17-21-15(12-24-17)13-3-6-18-7-4-13/h3-4,6-7,12,14,19H,1-2,5,8-11H2,(H,20,22). The zero-order chi connectivity index (χ0) is 16.6. The molecule has 0 bridgehead atoms. The van der Waals surface area contributed by atoms with Gasteiger partial charge in [-0.2, -0.15) is 11.8 Å². The molecule has 128 valence electrons. The Hall–Kier alpha value is -1.44. The first-order valence-corrected chi connectivity index (χ1v) is 10.3. The Balaban J connectivity index is 1.36. The number of hydrogen-bond acceptors (Lipinski definition) is 6. The van der Waals surface area contributed by atoms with E-state index >= 15 is 0 Å². The van der Waals surface area contributed by atoms with Crippen molar-refractivity contribution in [3.05, 3.63) is 34.9 Å². The van der Waals surface area contributed by atoms with Gasteiger partial charge in [0.15, 0.2) is 0 Å². The fraction of sp³-hybridized carbons (Fsp3) is 0.471. The Morgan fingerprint density at radius 2 is 2.25 bits per heavy atom. The second-order valence-electron chi connectivity index (χ2n) is 5.75. The second-order valence-corrected chi connectivity index (χ2v) is 7.84. The predicted molar refractivity (Wildman–Crippen MR) is 100 cm³/mol. The number of carbonyl (C=O) groups excluding carboxylic acids is 1. The first-order valence-electron chi connectivity index (χ1n) is 8.24. The number of thioether (sulfide) groups is 1. The van der Waals surface area contributed by atoms with Crippen LogP contribution in [0.1, 0.15) is 17.8 Å². The third kappa shape index (κ3) is 5.29. The molecule has 0 aromatic carbocycles. The Morgan fingerprint density at radius 1 is 1.38 bits per heavy atom. The van der Waals surface area contributed by atoms with Crippen molar-refractivity contribution in [3.63, 3.8) is 0 Å². The molecule has 0 aliphatic carbocycles. The highest BCUT2D eigenvalue weighted by Crippen LogP contribution is 2.21. The molecule has 1 saturated heterocycles. The van der Waals surface area contributed by atoms with Crippen molar-refractivity contribution in [2.24, 2.45) is 0 Å². The lowest BCUT2D eigenvalue weighted by Gasteiger charge is -2.22. The molecule has 1 amide bonds. The number of pyridine rings is 1. The maximum absolute atomic E-state index is 11.9. The predicted octanol–water partition coefficient (Wildman–Crippen LogP) is 2.35. The average Bonchev–Trinajstić information content (AvgIpc) is 3.09. The molecule has 7 heteroatoms. The SMILES string of the molecule is O=C(CC1CSCCN1)NCCCc1nc(-c2ccncc2)cs1. The van der Waals surface area contributed by atoms with Gasteiger partial charge < -0.3 is 10.6 Å². The summed E-state index contributed by atoms with van der Waals surface area (Å²) in [6.07, 6.45) is 5.96. The highest BCUT2D eigenvalue weighted by molar-refractivity contribution is 7.99. The summed E-state index contributed by atoms with van der Waals surface area (Å²) < 4.78 is 0. The van der Waals surface area contributed by atoms with E-state index in [4.69, 9.17) is 0 Å². The van der Waals surface area contributed by atoms with Crippen LogP contribution in [-0.4, -0.2) is 46.5 Å². The van der Waals surface area contributed by atoms with Crippen molar-refractivity contribution in [2.75, 3.05) is 24.6 Å². The third-order valence-corrected chi connectivity index (χ3v) is 5.89. The van der Waals surface area contributed by atoms with Gasteiger partial charge in [0.2, 0.25) is 5.91 Å². The van der Waals surface area contributed by atoms with Crippen molar-refractivity contribution < 1.29 is 4.79 Å². The molecule has 5 nitrogen and oxygen atoms in total. The smallest absolute Gasteiger partial charge is 0.221 e. The second kappa shape index (κ2) is 9.15. The number of carbonyl (C=O) groups is 1. The lowest BCUT2D eigenvalue weighted by molar-refractivity contribution is -0.121. The van der Waals surface area contributed by atoms with Crippen molar-refractivity contribution in [3.8, 4) is 11.3 Å². The van der Waals surface area contributed by atoms with Gasteiger partial charge >= 0.3 is 0 Å². The summed E-state index contributed by atoms with van der Waals surface area (Å²) in [6, 6.07) is 4.26. The molecule has 2 aromatic rings. The van der Waals surface area contributed by atoms with E-state index in [0.717, 1.165) is 47.2 Å². The molecule has 2 aromatic heterocycles. The van der Waals surface area contributed by atoms with Crippen molar-refractivity contribution in [1.29, 1.82) is 0 Å². The van der Waals surface area contributed by atoms with Crippen molar-refractivity contribution in [2.45, 2.75) is 25.3 Å².